The predicted molar refractivity (Wildman–Crippen MR) is 78.4 cm³/mol. The fraction of sp³-hybridized carbons (Fsp3) is 0. The summed E-state index contributed by atoms with van der Waals surface area (Å²) in [6.45, 7) is 0. The Balaban J connectivity index is 2.19. The second-order valence-corrected chi connectivity index (χ2v) is 5.54. The predicted octanol–water partition coefficient (Wildman–Crippen LogP) is 3.61. The molecule has 6 heteroatoms. The molecule has 0 aromatic heterocycles. The van der Waals surface area contributed by atoms with Crippen LogP contribution in [0, 0.1) is 0 Å². The first-order valence-electron chi connectivity index (χ1n) is 5.66. The Bertz CT molecular complexity index is 725. The van der Waals surface area contributed by atoms with Crippen LogP contribution in [0.1, 0.15) is 20.7 Å². The van der Waals surface area contributed by atoms with Crippen LogP contribution in [0.2, 0.25) is 5.02 Å². The first-order valence-corrected chi connectivity index (χ1v) is 6.83. The smallest absolute Gasteiger partial charge is 0.266 e. The van der Waals surface area contributed by atoms with Gasteiger partial charge in [-0.15, -0.1) is 0 Å². The maximum Gasteiger partial charge on any atom is 0.266 e. The van der Waals surface area contributed by atoms with Crippen LogP contribution < -0.4 is 4.90 Å². The largest absolute Gasteiger partial charge is 0.505 e. The lowest BCUT2D eigenvalue weighted by molar-refractivity contribution is 0.0925. The summed E-state index contributed by atoms with van der Waals surface area (Å²) in [6, 6.07) is 9.38. The molecule has 4 nitrogen and oxygen atoms in total. The molecule has 3 rings (SSSR count). The Hall–Kier alpha value is -1.85. The normalized spacial score (nSPS) is 13.8. The van der Waals surface area contributed by atoms with Gasteiger partial charge >= 0.3 is 0 Å². The lowest BCUT2D eigenvalue weighted by Gasteiger charge is -2.16. The minimum atomic E-state index is -0.477. The average Bonchev–Trinajstić information content (AvgIpc) is 2.67. The summed E-state index contributed by atoms with van der Waals surface area (Å²) in [4.78, 5) is 25.6. The SMILES string of the molecule is O=C1c2ccccc2C(=O)N1c1cc(Cl)cc(Br)c1O. The molecule has 1 aliphatic heterocycles. The van der Waals surface area contributed by atoms with E-state index in [9.17, 15) is 14.7 Å². The summed E-state index contributed by atoms with van der Waals surface area (Å²) in [7, 11) is 0. The van der Waals surface area contributed by atoms with Crippen LogP contribution in [0.15, 0.2) is 40.9 Å². The van der Waals surface area contributed by atoms with Gasteiger partial charge in [0.1, 0.15) is 0 Å². The molecule has 0 spiro atoms. The highest BCUT2D eigenvalue weighted by atomic mass is 79.9. The van der Waals surface area contributed by atoms with Gasteiger partial charge in [0.25, 0.3) is 11.8 Å². The number of carbonyl (C=O) groups excluding carboxylic acids is 2. The number of phenolic OH excluding ortho intramolecular Hbond substituents is 1. The molecule has 0 saturated heterocycles. The summed E-state index contributed by atoms with van der Waals surface area (Å²) in [5.41, 5.74) is 0.691. The van der Waals surface area contributed by atoms with E-state index in [0.717, 1.165) is 4.90 Å². The van der Waals surface area contributed by atoms with Crippen molar-refractivity contribution in [3.05, 3.63) is 57.0 Å². The van der Waals surface area contributed by atoms with Crippen LogP contribution >= 0.6 is 27.5 Å². The van der Waals surface area contributed by atoms with Crippen LogP contribution in [0.5, 0.6) is 5.75 Å². The van der Waals surface area contributed by atoms with Crippen LogP contribution in [0.25, 0.3) is 0 Å². The van der Waals surface area contributed by atoms with Gasteiger partial charge in [-0.25, -0.2) is 4.90 Å². The molecule has 0 aliphatic carbocycles. The van der Waals surface area contributed by atoms with Crippen LogP contribution in [0.4, 0.5) is 5.69 Å². The highest BCUT2D eigenvalue weighted by Crippen LogP contribution is 2.40. The molecule has 100 valence electrons. The zero-order valence-corrected chi connectivity index (χ0v) is 12.3. The van der Waals surface area contributed by atoms with Crippen molar-refractivity contribution >= 4 is 45.0 Å². The van der Waals surface area contributed by atoms with E-state index in [4.69, 9.17) is 11.6 Å². The zero-order valence-electron chi connectivity index (χ0n) is 9.93. The summed E-state index contributed by atoms with van der Waals surface area (Å²) in [5.74, 6) is -1.16. The van der Waals surface area contributed by atoms with Gasteiger partial charge < -0.3 is 5.11 Å². The first-order chi connectivity index (χ1) is 9.50. The van der Waals surface area contributed by atoms with Crippen LogP contribution in [-0.2, 0) is 0 Å². The molecule has 0 bridgehead atoms. The maximum absolute atomic E-state index is 12.3. The number of carbonyl (C=O) groups is 2. The number of aromatic hydroxyl groups is 1. The molecule has 0 radical (unpaired) electrons. The van der Waals surface area contributed by atoms with Gasteiger partial charge in [-0.2, -0.15) is 0 Å². The standard InChI is InChI=1S/C14H7BrClNO3/c15-10-5-7(16)6-11(12(10)18)17-13(19)8-3-1-2-4-9(8)14(17)20/h1-6,18H. The van der Waals surface area contributed by atoms with E-state index in [1.165, 1.54) is 12.1 Å². The van der Waals surface area contributed by atoms with E-state index in [0.29, 0.717) is 20.6 Å². The van der Waals surface area contributed by atoms with E-state index >= 15 is 0 Å². The molecule has 1 heterocycles. The van der Waals surface area contributed by atoms with Gasteiger partial charge in [0.05, 0.1) is 21.3 Å². The van der Waals surface area contributed by atoms with Crippen molar-refractivity contribution < 1.29 is 14.7 Å². The maximum atomic E-state index is 12.3. The molecule has 1 N–H and O–H groups in total. The Kier molecular flexibility index (Phi) is 3.03. The highest BCUT2D eigenvalue weighted by molar-refractivity contribution is 9.10. The number of hydrogen-bond donors (Lipinski definition) is 1. The number of anilines is 1. The molecule has 20 heavy (non-hydrogen) atoms. The number of rotatable bonds is 1. The second kappa shape index (κ2) is 4.61. The van der Waals surface area contributed by atoms with Gasteiger partial charge in [0.2, 0.25) is 0 Å². The summed E-state index contributed by atoms with van der Waals surface area (Å²) in [6.07, 6.45) is 0. The quantitative estimate of drug-likeness (QED) is 0.798. The third-order valence-corrected chi connectivity index (χ3v) is 3.87. The second-order valence-electron chi connectivity index (χ2n) is 4.25. The number of phenols is 1. The van der Waals surface area contributed by atoms with Crippen molar-refractivity contribution in [1.29, 1.82) is 0 Å². The monoisotopic (exact) mass is 351 g/mol. The Morgan fingerprint density at radius 2 is 1.60 bits per heavy atom. The fourth-order valence-corrected chi connectivity index (χ4v) is 2.92. The third kappa shape index (κ3) is 1.82. The molecule has 1 aliphatic rings. The average molecular weight is 353 g/mol. The summed E-state index contributed by atoms with van der Waals surface area (Å²) < 4.78 is 0.316. The summed E-state index contributed by atoms with van der Waals surface area (Å²) >= 11 is 9.05. The number of amides is 2. The Morgan fingerprint density at radius 3 is 2.15 bits per heavy atom. The number of imide groups is 1. The molecular weight excluding hydrogens is 346 g/mol. The van der Waals surface area contributed by atoms with Gasteiger partial charge in [-0.3, -0.25) is 9.59 Å². The number of nitrogens with zero attached hydrogens (tertiary/aromatic N) is 1. The molecule has 0 atom stereocenters. The van der Waals surface area contributed by atoms with Crippen LogP contribution in [-0.4, -0.2) is 16.9 Å². The molecule has 0 saturated carbocycles. The number of benzene rings is 2. The van der Waals surface area contributed by atoms with Crippen molar-refractivity contribution in [2.45, 2.75) is 0 Å². The van der Waals surface area contributed by atoms with E-state index in [-0.39, 0.29) is 11.4 Å². The van der Waals surface area contributed by atoms with Gasteiger partial charge in [-0.1, -0.05) is 23.7 Å². The molecule has 2 amide bonds. The lowest BCUT2D eigenvalue weighted by atomic mass is 10.1. The van der Waals surface area contributed by atoms with Crippen molar-refractivity contribution in [3.8, 4) is 5.75 Å². The number of fused-ring (bicyclic) bond motifs is 1. The van der Waals surface area contributed by atoms with E-state index < -0.39 is 11.8 Å². The molecule has 2 aromatic carbocycles. The van der Waals surface area contributed by atoms with Crippen molar-refractivity contribution in [3.63, 3.8) is 0 Å². The first kappa shape index (κ1) is 13.1. The minimum absolute atomic E-state index is 0.0653. The van der Waals surface area contributed by atoms with E-state index in [2.05, 4.69) is 15.9 Å². The Labute approximate surface area is 127 Å². The Morgan fingerprint density at radius 1 is 1.05 bits per heavy atom. The van der Waals surface area contributed by atoms with Crippen molar-refractivity contribution in [2.75, 3.05) is 4.90 Å². The number of hydrogen-bond acceptors (Lipinski definition) is 3. The summed E-state index contributed by atoms with van der Waals surface area (Å²) in [5, 5.41) is 10.4. The molecule has 0 unspecified atom stereocenters. The fourth-order valence-electron chi connectivity index (χ4n) is 2.13. The minimum Gasteiger partial charge on any atom is -0.505 e. The van der Waals surface area contributed by atoms with E-state index in [1.807, 2.05) is 0 Å². The number of halogens is 2. The third-order valence-electron chi connectivity index (χ3n) is 3.04. The molecule has 0 fully saturated rings. The molecule has 2 aromatic rings. The van der Waals surface area contributed by atoms with Gasteiger partial charge in [0.15, 0.2) is 5.75 Å². The zero-order chi connectivity index (χ0) is 14.4. The van der Waals surface area contributed by atoms with Crippen LogP contribution in [0.3, 0.4) is 0 Å². The lowest BCUT2D eigenvalue weighted by Crippen LogP contribution is -2.29. The molecular formula is C14H7BrClNO3. The van der Waals surface area contributed by atoms with Gasteiger partial charge in [0, 0.05) is 5.02 Å². The highest BCUT2D eigenvalue weighted by Gasteiger charge is 2.38. The van der Waals surface area contributed by atoms with Gasteiger partial charge in [-0.05, 0) is 40.2 Å². The topological polar surface area (TPSA) is 57.6 Å². The van der Waals surface area contributed by atoms with Crippen molar-refractivity contribution in [1.82, 2.24) is 0 Å². The van der Waals surface area contributed by atoms with E-state index in [1.54, 1.807) is 24.3 Å². The van der Waals surface area contributed by atoms with Crippen molar-refractivity contribution in [2.24, 2.45) is 0 Å².